The lowest BCUT2D eigenvalue weighted by atomic mass is 10.1. The third-order valence-electron chi connectivity index (χ3n) is 3.62. The summed E-state index contributed by atoms with van der Waals surface area (Å²) in [6.07, 6.45) is -3.62. The van der Waals surface area contributed by atoms with Crippen molar-refractivity contribution in [1.29, 1.82) is 5.26 Å². The maximum atomic E-state index is 13.1. The molecule has 0 saturated carbocycles. The molecule has 1 saturated heterocycles. The normalized spacial score (nSPS) is 18.8. The largest absolute Gasteiger partial charge is 0.418 e. The van der Waals surface area contributed by atoms with Gasteiger partial charge in [-0.2, -0.15) is 18.4 Å². The lowest BCUT2D eigenvalue weighted by Crippen LogP contribution is -2.24. The molecular formula is C15H17F3N2O. The molecule has 0 radical (unpaired) electrons. The molecular weight excluding hydrogens is 281 g/mol. The molecule has 1 unspecified atom stereocenters. The van der Waals surface area contributed by atoms with Gasteiger partial charge in [0, 0.05) is 25.6 Å². The van der Waals surface area contributed by atoms with E-state index < -0.39 is 11.7 Å². The van der Waals surface area contributed by atoms with Crippen molar-refractivity contribution in [3.8, 4) is 6.07 Å². The molecule has 0 N–H and O–H groups in total. The Hall–Kier alpha value is -1.74. The molecule has 21 heavy (non-hydrogen) atoms. The minimum Gasteiger partial charge on any atom is -0.381 e. The van der Waals surface area contributed by atoms with Crippen LogP contribution in [-0.4, -0.2) is 26.3 Å². The first kappa shape index (κ1) is 15.6. The quantitative estimate of drug-likeness (QED) is 0.854. The Morgan fingerprint density at radius 3 is 2.81 bits per heavy atom. The van der Waals surface area contributed by atoms with Gasteiger partial charge in [0.25, 0.3) is 0 Å². The van der Waals surface area contributed by atoms with Crippen LogP contribution in [0.4, 0.5) is 18.9 Å². The van der Waals surface area contributed by atoms with Crippen LogP contribution in [0.2, 0.25) is 0 Å². The summed E-state index contributed by atoms with van der Waals surface area (Å²) in [5.74, 6) is 0.233. The summed E-state index contributed by atoms with van der Waals surface area (Å²) in [5, 5.41) is 8.90. The summed E-state index contributed by atoms with van der Waals surface area (Å²) in [6.45, 7) is 4.14. The van der Waals surface area contributed by atoms with Crippen LogP contribution >= 0.6 is 0 Å². The number of halogens is 3. The monoisotopic (exact) mass is 298 g/mol. The first-order valence-corrected chi connectivity index (χ1v) is 6.89. The summed E-state index contributed by atoms with van der Waals surface area (Å²) in [6, 6.07) is 5.42. The van der Waals surface area contributed by atoms with Crippen molar-refractivity contribution >= 4 is 5.69 Å². The van der Waals surface area contributed by atoms with Gasteiger partial charge >= 0.3 is 6.18 Å². The molecule has 1 aromatic carbocycles. The van der Waals surface area contributed by atoms with Gasteiger partial charge in [0.15, 0.2) is 0 Å². The number of anilines is 1. The van der Waals surface area contributed by atoms with Gasteiger partial charge < -0.3 is 9.64 Å². The van der Waals surface area contributed by atoms with Crippen molar-refractivity contribution in [2.75, 3.05) is 31.2 Å². The number of nitriles is 1. The molecule has 1 heterocycles. The molecule has 0 spiro atoms. The Bertz CT molecular complexity index is 537. The smallest absolute Gasteiger partial charge is 0.381 e. The number of rotatable bonds is 4. The second-order valence-electron chi connectivity index (χ2n) is 5.10. The van der Waals surface area contributed by atoms with E-state index in [0.717, 1.165) is 12.5 Å². The predicted octanol–water partition coefficient (Wildman–Crippen LogP) is 3.44. The van der Waals surface area contributed by atoms with E-state index in [1.807, 2.05) is 13.0 Å². The minimum absolute atomic E-state index is 0.0977. The van der Waals surface area contributed by atoms with Crippen molar-refractivity contribution in [3.63, 3.8) is 0 Å². The van der Waals surface area contributed by atoms with Crippen LogP contribution in [0.3, 0.4) is 0 Å². The topological polar surface area (TPSA) is 36.3 Å². The van der Waals surface area contributed by atoms with Gasteiger partial charge in [-0.05, 0) is 31.5 Å². The molecule has 0 aromatic heterocycles. The molecule has 1 fully saturated rings. The fraction of sp³-hybridized carbons (Fsp3) is 0.533. The third kappa shape index (κ3) is 3.67. The highest BCUT2D eigenvalue weighted by atomic mass is 19.4. The van der Waals surface area contributed by atoms with Crippen LogP contribution < -0.4 is 4.90 Å². The van der Waals surface area contributed by atoms with E-state index in [0.29, 0.717) is 26.3 Å². The summed E-state index contributed by atoms with van der Waals surface area (Å²) < 4.78 is 44.7. The zero-order valence-corrected chi connectivity index (χ0v) is 11.8. The molecule has 1 atom stereocenters. The van der Waals surface area contributed by atoms with Gasteiger partial charge in [-0.1, -0.05) is 0 Å². The predicted molar refractivity (Wildman–Crippen MR) is 73.0 cm³/mol. The molecule has 0 bridgehead atoms. The van der Waals surface area contributed by atoms with Gasteiger partial charge in [0.1, 0.15) is 0 Å². The lowest BCUT2D eigenvalue weighted by Gasteiger charge is -2.23. The highest BCUT2D eigenvalue weighted by Crippen LogP contribution is 2.38. The van der Waals surface area contributed by atoms with E-state index >= 15 is 0 Å². The fourth-order valence-corrected chi connectivity index (χ4v) is 2.57. The van der Waals surface area contributed by atoms with Crippen molar-refractivity contribution in [3.05, 3.63) is 29.3 Å². The maximum absolute atomic E-state index is 13.1. The molecule has 6 heteroatoms. The van der Waals surface area contributed by atoms with Gasteiger partial charge in [-0.15, -0.1) is 0 Å². The highest BCUT2D eigenvalue weighted by molar-refractivity contribution is 5.59. The molecule has 1 aromatic rings. The number of alkyl halides is 3. The zero-order chi connectivity index (χ0) is 15.5. The van der Waals surface area contributed by atoms with Crippen LogP contribution in [0.15, 0.2) is 18.2 Å². The van der Waals surface area contributed by atoms with E-state index in [4.69, 9.17) is 10.00 Å². The molecule has 0 aliphatic carbocycles. The van der Waals surface area contributed by atoms with Crippen molar-refractivity contribution in [2.45, 2.75) is 19.5 Å². The Kier molecular flexibility index (Phi) is 4.73. The molecule has 114 valence electrons. The number of hydrogen-bond donors (Lipinski definition) is 0. The van der Waals surface area contributed by atoms with Crippen LogP contribution in [0.25, 0.3) is 0 Å². The first-order valence-electron chi connectivity index (χ1n) is 6.89. The van der Waals surface area contributed by atoms with Gasteiger partial charge in [0.05, 0.1) is 29.5 Å². The summed E-state index contributed by atoms with van der Waals surface area (Å²) in [5.41, 5.74) is -0.342. The lowest BCUT2D eigenvalue weighted by molar-refractivity contribution is -0.137. The SMILES string of the molecule is CCOCC1CCN(c2cc(C#N)ccc2C(F)(F)F)C1. The van der Waals surface area contributed by atoms with Crippen LogP contribution in [0.1, 0.15) is 24.5 Å². The van der Waals surface area contributed by atoms with Crippen molar-refractivity contribution in [1.82, 2.24) is 0 Å². The Morgan fingerprint density at radius 1 is 1.43 bits per heavy atom. The first-order chi connectivity index (χ1) is 9.95. The number of nitrogens with zero attached hydrogens (tertiary/aromatic N) is 2. The van der Waals surface area contributed by atoms with Gasteiger partial charge in [0.2, 0.25) is 0 Å². The van der Waals surface area contributed by atoms with Gasteiger partial charge in [-0.25, -0.2) is 0 Å². The fourth-order valence-electron chi connectivity index (χ4n) is 2.57. The number of benzene rings is 1. The number of hydrogen-bond acceptors (Lipinski definition) is 3. The molecule has 1 aliphatic heterocycles. The van der Waals surface area contributed by atoms with E-state index in [9.17, 15) is 13.2 Å². The highest BCUT2D eigenvalue weighted by Gasteiger charge is 2.36. The van der Waals surface area contributed by atoms with Crippen LogP contribution in [-0.2, 0) is 10.9 Å². The molecule has 3 nitrogen and oxygen atoms in total. The molecule has 1 aliphatic rings. The van der Waals surface area contributed by atoms with E-state index in [1.165, 1.54) is 12.1 Å². The van der Waals surface area contributed by atoms with Crippen LogP contribution in [0, 0.1) is 17.2 Å². The molecule has 2 rings (SSSR count). The van der Waals surface area contributed by atoms with E-state index in [1.54, 1.807) is 4.90 Å². The Balaban J connectivity index is 2.24. The molecule has 0 amide bonds. The van der Waals surface area contributed by atoms with E-state index in [-0.39, 0.29) is 17.2 Å². The maximum Gasteiger partial charge on any atom is 0.418 e. The second kappa shape index (κ2) is 6.35. The third-order valence-corrected chi connectivity index (χ3v) is 3.62. The van der Waals surface area contributed by atoms with Crippen molar-refractivity contribution in [2.24, 2.45) is 5.92 Å². The zero-order valence-electron chi connectivity index (χ0n) is 11.8. The average Bonchev–Trinajstić information content (AvgIpc) is 2.92. The average molecular weight is 298 g/mol. The Morgan fingerprint density at radius 2 is 2.19 bits per heavy atom. The Labute approximate surface area is 121 Å². The number of ether oxygens (including phenoxy) is 1. The minimum atomic E-state index is -4.42. The summed E-state index contributed by atoms with van der Waals surface area (Å²) in [4.78, 5) is 1.70. The second-order valence-corrected chi connectivity index (χ2v) is 5.10. The summed E-state index contributed by atoms with van der Waals surface area (Å²) >= 11 is 0. The van der Waals surface area contributed by atoms with Crippen molar-refractivity contribution < 1.29 is 17.9 Å². The van der Waals surface area contributed by atoms with Gasteiger partial charge in [-0.3, -0.25) is 0 Å². The standard InChI is InChI=1S/C15H17F3N2O/c1-2-21-10-12-5-6-20(9-12)14-7-11(8-19)3-4-13(14)15(16,17)18/h3-4,7,12H,2,5-6,9-10H2,1H3. The summed E-state index contributed by atoms with van der Waals surface area (Å²) in [7, 11) is 0. The van der Waals surface area contributed by atoms with Crippen LogP contribution in [0.5, 0.6) is 0 Å². The van der Waals surface area contributed by atoms with E-state index in [2.05, 4.69) is 0 Å².